The molecule has 0 spiro atoms. The molecule has 0 bridgehead atoms. The highest BCUT2D eigenvalue weighted by Crippen LogP contribution is 2.24. The first-order valence-corrected chi connectivity index (χ1v) is 4.17. The molecule has 2 nitrogen and oxygen atoms in total. The van der Waals surface area contributed by atoms with Gasteiger partial charge in [0.05, 0.1) is 0 Å². The topological polar surface area (TPSA) is 35.9 Å². The smallest absolute Gasteiger partial charge is 0.0443 e. The zero-order valence-corrected chi connectivity index (χ0v) is 8.69. The van der Waals surface area contributed by atoms with Gasteiger partial charge in [-0.05, 0) is 13.8 Å². The van der Waals surface area contributed by atoms with E-state index in [1.807, 2.05) is 13.2 Å². The lowest BCUT2D eigenvalue weighted by Gasteiger charge is -2.16. The van der Waals surface area contributed by atoms with Crippen molar-refractivity contribution >= 4 is 28.8 Å². The molecule has 0 saturated carbocycles. The van der Waals surface area contributed by atoms with E-state index in [1.54, 1.807) is 0 Å². The molecule has 0 amide bonds. The average molecular weight is 252 g/mol. The first kappa shape index (κ1) is 9.94. The molecule has 0 aromatic carbocycles. The fraction of sp³-hybridized carbons (Fsp3) is 0.571. The molecule has 0 rings (SSSR count). The van der Waals surface area contributed by atoms with E-state index in [-0.39, 0.29) is 3.42 Å². The Morgan fingerprint density at radius 3 is 2.20 bits per heavy atom. The minimum absolute atomic E-state index is 0.0442. The maximum Gasteiger partial charge on any atom is 0.0443 e. The van der Waals surface area contributed by atoms with Crippen LogP contribution in [0.15, 0.2) is 11.8 Å². The van der Waals surface area contributed by atoms with Crippen molar-refractivity contribution in [3.63, 3.8) is 0 Å². The Morgan fingerprint density at radius 2 is 2.10 bits per heavy atom. The number of alkyl halides is 1. The van der Waals surface area contributed by atoms with Crippen LogP contribution in [0.4, 0.5) is 0 Å². The van der Waals surface area contributed by atoms with E-state index in [4.69, 9.17) is 5.41 Å². The third kappa shape index (κ3) is 3.20. The maximum atomic E-state index is 7.08. The van der Waals surface area contributed by atoms with E-state index >= 15 is 0 Å². The van der Waals surface area contributed by atoms with Gasteiger partial charge in [-0.25, -0.2) is 0 Å². The van der Waals surface area contributed by atoms with Crippen molar-refractivity contribution in [2.24, 2.45) is 0 Å². The van der Waals surface area contributed by atoms with Gasteiger partial charge < -0.3 is 10.7 Å². The zero-order chi connectivity index (χ0) is 8.20. The Bertz CT molecular complexity index is 144. The lowest BCUT2D eigenvalue weighted by Crippen LogP contribution is -2.16. The molecule has 0 atom stereocenters. The van der Waals surface area contributed by atoms with Crippen LogP contribution in [-0.2, 0) is 0 Å². The van der Waals surface area contributed by atoms with Gasteiger partial charge in [-0.1, -0.05) is 22.6 Å². The number of halogens is 1. The predicted molar refractivity (Wildman–Crippen MR) is 54.0 cm³/mol. The highest BCUT2D eigenvalue weighted by molar-refractivity contribution is 14.1. The summed E-state index contributed by atoms with van der Waals surface area (Å²) in [6, 6.07) is 0. The molecule has 0 unspecified atom stereocenters. The summed E-state index contributed by atoms with van der Waals surface area (Å²) in [4.78, 5) is 0. The molecule has 0 aliphatic carbocycles. The number of nitrogens with one attached hydrogen (secondary N) is 2. The Morgan fingerprint density at radius 1 is 1.60 bits per heavy atom. The van der Waals surface area contributed by atoms with Crippen LogP contribution in [0.25, 0.3) is 0 Å². The molecule has 0 saturated heterocycles. The lowest BCUT2D eigenvalue weighted by atomic mass is 10.1. The summed E-state index contributed by atoms with van der Waals surface area (Å²) in [6.45, 7) is 4.14. The monoisotopic (exact) mass is 252 g/mol. The van der Waals surface area contributed by atoms with Crippen molar-refractivity contribution in [2.45, 2.75) is 17.3 Å². The summed E-state index contributed by atoms with van der Waals surface area (Å²) in [5, 5.41) is 9.99. The third-order valence-electron chi connectivity index (χ3n) is 1.14. The summed E-state index contributed by atoms with van der Waals surface area (Å²) in [5.74, 6) is 0. The Balaban J connectivity index is 4.36. The van der Waals surface area contributed by atoms with Crippen LogP contribution in [0, 0.1) is 5.41 Å². The highest BCUT2D eigenvalue weighted by Gasteiger charge is 2.16. The minimum atomic E-state index is 0.0442. The molecule has 0 heterocycles. The maximum absolute atomic E-state index is 7.08. The van der Waals surface area contributed by atoms with Gasteiger partial charge >= 0.3 is 0 Å². The summed E-state index contributed by atoms with van der Waals surface area (Å²) in [6.07, 6.45) is 3.22. The SMILES string of the molecule is CN/C=C(\C=N)C(C)(C)I. The molecule has 58 valence electrons. The molecular formula is C7H13IN2. The fourth-order valence-corrected chi connectivity index (χ4v) is 0.852. The van der Waals surface area contributed by atoms with Crippen molar-refractivity contribution in [2.75, 3.05) is 7.05 Å². The van der Waals surface area contributed by atoms with Gasteiger partial charge in [0, 0.05) is 28.5 Å². The lowest BCUT2D eigenvalue weighted by molar-refractivity contribution is 0.896. The van der Waals surface area contributed by atoms with Crippen LogP contribution < -0.4 is 5.32 Å². The zero-order valence-electron chi connectivity index (χ0n) is 6.53. The summed E-state index contributed by atoms with van der Waals surface area (Å²) >= 11 is 2.30. The second-order valence-electron chi connectivity index (χ2n) is 2.51. The average Bonchev–Trinajstić information content (AvgIpc) is 1.80. The van der Waals surface area contributed by atoms with Crippen LogP contribution in [0.2, 0.25) is 0 Å². The van der Waals surface area contributed by atoms with Gasteiger partial charge in [-0.3, -0.25) is 0 Å². The largest absolute Gasteiger partial charge is 0.394 e. The van der Waals surface area contributed by atoms with E-state index in [2.05, 4.69) is 41.8 Å². The molecule has 10 heavy (non-hydrogen) atoms. The summed E-state index contributed by atoms with van der Waals surface area (Å²) < 4.78 is 0.0442. The Labute approximate surface area is 75.7 Å². The molecular weight excluding hydrogens is 239 g/mol. The van der Waals surface area contributed by atoms with Gasteiger partial charge in [0.25, 0.3) is 0 Å². The van der Waals surface area contributed by atoms with Gasteiger partial charge in [0.1, 0.15) is 0 Å². The van der Waals surface area contributed by atoms with Crippen molar-refractivity contribution < 1.29 is 0 Å². The Kier molecular flexibility index (Phi) is 3.93. The summed E-state index contributed by atoms with van der Waals surface area (Å²) in [5.41, 5.74) is 0.996. The van der Waals surface area contributed by atoms with Crippen molar-refractivity contribution in [1.29, 1.82) is 5.41 Å². The highest BCUT2D eigenvalue weighted by atomic mass is 127. The minimum Gasteiger partial charge on any atom is -0.394 e. The van der Waals surface area contributed by atoms with Crippen LogP contribution in [0.1, 0.15) is 13.8 Å². The van der Waals surface area contributed by atoms with Crippen LogP contribution in [-0.4, -0.2) is 16.7 Å². The van der Waals surface area contributed by atoms with Crippen molar-refractivity contribution in [3.8, 4) is 0 Å². The number of hydrogen-bond donors (Lipinski definition) is 2. The van der Waals surface area contributed by atoms with Gasteiger partial charge in [-0.15, -0.1) is 0 Å². The molecule has 0 aliphatic heterocycles. The van der Waals surface area contributed by atoms with E-state index in [1.165, 1.54) is 6.21 Å². The van der Waals surface area contributed by atoms with E-state index < -0.39 is 0 Å². The first-order valence-electron chi connectivity index (χ1n) is 3.09. The van der Waals surface area contributed by atoms with Crippen molar-refractivity contribution in [3.05, 3.63) is 11.8 Å². The number of hydrogen-bond acceptors (Lipinski definition) is 2. The molecule has 0 radical (unpaired) electrons. The van der Waals surface area contributed by atoms with Gasteiger partial charge in [0.2, 0.25) is 0 Å². The first-order chi connectivity index (χ1) is 4.52. The third-order valence-corrected chi connectivity index (χ3v) is 1.76. The Hall–Kier alpha value is -0.0600. The molecule has 0 aliphatic rings. The van der Waals surface area contributed by atoms with Crippen LogP contribution in [0.5, 0.6) is 0 Å². The number of rotatable bonds is 3. The second kappa shape index (κ2) is 3.95. The summed E-state index contributed by atoms with van der Waals surface area (Å²) in [7, 11) is 1.84. The normalized spacial score (nSPS) is 13.0. The van der Waals surface area contributed by atoms with E-state index in [9.17, 15) is 0 Å². The standard InChI is InChI=1S/C7H13IN2/c1-7(2,8)6(4-9)5-10-3/h4-5,9-10H,1-3H3/b6-5+,9-4?. The fourth-order valence-electron chi connectivity index (χ4n) is 0.540. The van der Waals surface area contributed by atoms with Crippen LogP contribution >= 0.6 is 22.6 Å². The molecule has 3 heteroatoms. The van der Waals surface area contributed by atoms with E-state index in [0.29, 0.717) is 0 Å². The van der Waals surface area contributed by atoms with Gasteiger partial charge in [0.15, 0.2) is 0 Å². The van der Waals surface area contributed by atoms with Crippen LogP contribution in [0.3, 0.4) is 0 Å². The van der Waals surface area contributed by atoms with Gasteiger partial charge in [-0.2, -0.15) is 0 Å². The second-order valence-corrected chi connectivity index (χ2v) is 5.20. The molecule has 0 aromatic rings. The van der Waals surface area contributed by atoms with E-state index in [0.717, 1.165) is 5.57 Å². The predicted octanol–water partition coefficient (Wildman–Crippen LogP) is 1.95. The molecule has 2 N–H and O–H groups in total. The quantitative estimate of drug-likeness (QED) is 0.449. The van der Waals surface area contributed by atoms with Crippen molar-refractivity contribution in [1.82, 2.24) is 5.32 Å². The molecule has 0 aromatic heterocycles. The molecule has 0 fully saturated rings. The number of allylic oxidation sites excluding steroid dienone is 1.